The summed E-state index contributed by atoms with van der Waals surface area (Å²) in [5.41, 5.74) is -1.68. The van der Waals surface area contributed by atoms with Crippen LogP contribution in [-0.2, 0) is 0 Å². The summed E-state index contributed by atoms with van der Waals surface area (Å²) in [6.45, 7) is 0.636. The molecular formula is C12H15Cl2F4N3O3. The highest BCUT2D eigenvalue weighted by molar-refractivity contribution is 5.85. The maximum Gasteiger partial charge on any atom is 0.408 e. The molecule has 0 aliphatic carbocycles. The number of nitro groups is 1. The Morgan fingerprint density at radius 1 is 1.25 bits per heavy atom. The molecule has 0 radical (unpaired) electrons. The van der Waals surface area contributed by atoms with Gasteiger partial charge in [-0.25, -0.2) is 4.39 Å². The SMILES string of the molecule is Cl.Cl.O=[N+]([O-])c1cc(F)c(O)c([C@@H](N2CCNCC2)C(F)(F)F)c1. The van der Waals surface area contributed by atoms with Gasteiger partial charge in [-0.1, -0.05) is 0 Å². The minimum Gasteiger partial charge on any atom is -0.505 e. The summed E-state index contributed by atoms with van der Waals surface area (Å²) in [7, 11) is 0. The molecule has 0 unspecified atom stereocenters. The van der Waals surface area contributed by atoms with E-state index < -0.39 is 40.0 Å². The van der Waals surface area contributed by atoms with Crippen LogP contribution in [0.1, 0.15) is 11.6 Å². The number of nitro benzene ring substituents is 1. The molecule has 1 aliphatic heterocycles. The Hall–Kier alpha value is -1.36. The van der Waals surface area contributed by atoms with Crippen LogP contribution >= 0.6 is 24.8 Å². The van der Waals surface area contributed by atoms with Crippen LogP contribution in [0.5, 0.6) is 5.75 Å². The predicted octanol–water partition coefficient (Wildman–Crippen LogP) is 2.79. The summed E-state index contributed by atoms with van der Waals surface area (Å²) in [5, 5.41) is 23.2. The monoisotopic (exact) mass is 395 g/mol. The Labute approximate surface area is 146 Å². The number of nitrogens with one attached hydrogen (secondary N) is 1. The van der Waals surface area contributed by atoms with Crippen molar-refractivity contribution in [2.75, 3.05) is 26.2 Å². The zero-order chi connectivity index (χ0) is 16.5. The van der Waals surface area contributed by atoms with E-state index in [0.717, 1.165) is 4.90 Å². The molecule has 1 aromatic carbocycles. The van der Waals surface area contributed by atoms with Crippen LogP contribution in [0.15, 0.2) is 12.1 Å². The van der Waals surface area contributed by atoms with Gasteiger partial charge in [0.2, 0.25) is 0 Å². The fraction of sp³-hybridized carbons (Fsp3) is 0.500. The number of rotatable bonds is 3. The number of alkyl halides is 3. The molecule has 0 saturated carbocycles. The largest absolute Gasteiger partial charge is 0.505 e. The van der Waals surface area contributed by atoms with Crippen molar-refractivity contribution >= 4 is 30.5 Å². The average molecular weight is 396 g/mol. The molecule has 1 heterocycles. The molecule has 1 aromatic rings. The fourth-order valence-corrected chi connectivity index (χ4v) is 2.44. The van der Waals surface area contributed by atoms with Crippen LogP contribution in [0.4, 0.5) is 23.2 Å². The van der Waals surface area contributed by atoms with Crippen molar-refractivity contribution in [2.45, 2.75) is 12.2 Å². The van der Waals surface area contributed by atoms with E-state index in [1.807, 2.05) is 0 Å². The topological polar surface area (TPSA) is 78.6 Å². The van der Waals surface area contributed by atoms with Crippen molar-refractivity contribution in [3.63, 3.8) is 0 Å². The van der Waals surface area contributed by atoms with Crippen molar-refractivity contribution in [1.82, 2.24) is 10.2 Å². The van der Waals surface area contributed by atoms with Gasteiger partial charge in [0.15, 0.2) is 11.6 Å². The molecule has 0 spiro atoms. The number of aromatic hydroxyl groups is 1. The molecule has 1 aliphatic rings. The van der Waals surface area contributed by atoms with Crippen molar-refractivity contribution in [3.05, 3.63) is 33.6 Å². The second kappa shape index (κ2) is 8.65. The van der Waals surface area contributed by atoms with Gasteiger partial charge < -0.3 is 10.4 Å². The first-order chi connectivity index (χ1) is 10.2. The smallest absolute Gasteiger partial charge is 0.408 e. The van der Waals surface area contributed by atoms with Crippen molar-refractivity contribution in [1.29, 1.82) is 0 Å². The molecule has 1 atom stereocenters. The van der Waals surface area contributed by atoms with Crippen molar-refractivity contribution in [3.8, 4) is 5.75 Å². The van der Waals surface area contributed by atoms with Crippen molar-refractivity contribution in [2.24, 2.45) is 0 Å². The van der Waals surface area contributed by atoms with E-state index in [9.17, 15) is 32.8 Å². The van der Waals surface area contributed by atoms with Crippen LogP contribution in [-0.4, -0.2) is 47.3 Å². The zero-order valence-electron chi connectivity index (χ0n) is 12.0. The van der Waals surface area contributed by atoms with Gasteiger partial charge in [0, 0.05) is 37.8 Å². The summed E-state index contributed by atoms with van der Waals surface area (Å²) in [6.07, 6.45) is -4.81. The molecule has 0 aromatic heterocycles. The lowest BCUT2D eigenvalue weighted by Gasteiger charge is -2.36. The van der Waals surface area contributed by atoms with Gasteiger partial charge in [-0.3, -0.25) is 15.0 Å². The molecular weight excluding hydrogens is 381 g/mol. The Balaban J connectivity index is 0.00000264. The standard InChI is InChI=1S/C12H13F4N3O3.2ClH/c13-9-6-7(19(21)22)5-8(10(9)20)11(12(14,15)16)18-3-1-17-2-4-18;;/h5-6,11,17,20H,1-4H2;2*1H/t11-;;/m1../s1. The van der Waals surface area contributed by atoms with E-state index in [1.54, 1.807) is 0 Å². The van der Waals surface area contributed by atoms with Crippen LogP contribution < -0.4 is 5.32 Å². The predicted molar refractivity (Wildman–Crippen MR) is 82.5 cm³/mol. The van der Waals surface area contributed by atoms with Gasteiger partial charge in [0.25, 0.3) is 5.69 Å². The summed E-state index contributed by atoms with van der Waals surface area (Å²) >= 11 is 0. The first-order valence-corrected chi connectivity index (χ1v) is 6.40. The second-order valence-corrected chi connectivity index (χ2v) is 4.85. The molecule has 6 nitrogen and oxygen atoms in total. The fourth-order valence-electron chi connectivity index (χ4n) is 2.44. The number of hydrogen-bond acceptors (Lipinski definition) is 5. The van der Waals surface area contributed by atoms with Crippen LogP contribution in [0.2, 0.25) is 0 Å². The number of halogens is 6. The number of nitrogens with zero attached hydrogens (tertiary/aromatic N) is 2. The second-order valence-electron chi connectivity index (χ2n) is 4.85. The number of phenolic OH excluding ortho intramolecular Hbond substituents is 1. The number of benzene rings is 1. The molecule has 1 fully saturated rings. The van der Waals surface area contributed by atoms with E-state index in [4.69, 9.17) is 0 Å². The summed E-state index contributed by atoms with van der Waals surface area (Å²) in [6, 6.07) is -1.34. The normalized spacial score (nSPS) is 16.7. The Bertz CT molecular complexity index is 583. The zero-order valence-corrected chi connectivity index (χ0v) is 13.7. The third-order valence-corrected chi connectivity index (χ3v) is 3.41. The maximum atomic E-state index is 13.6. The van der Waals surface area contributed by atoms with Gasteiger partial charge in [-0.05, 0) is 0 Å². The number of piperazine rings is 1. The number of non-ortho nitro benzene ring substituents is 1. The quantitative estimate of drug-likeness (QED) is 0.467. The van der Waals surface area contributed by atoms with Crippen LogP contribution in [0.25, 0.3) is 0 Å². The van der Waals surface area contributed by atoms with Gasteiger partial charge in [0.1, 0.15) is 6.04 Å². The van der Waals surface area contributed by atoms with E-state index >= 15 is 0 Å². The van der Waals surface area contributed by atoms with E-state index in [0.29, 0.717) is 25.2 Å². The molecule has 2 rings (SSSR count). The molecule has 138 valence electrons. The lowest BCUT2D eigenvalue weighted by atomic mass is 10.0. The van der Waals surface area contributed by atoms with E-state index in [-0.39, 0.29) is 37.9 Å². The maximum absolute atomic E-state index is 13.6. The summed E-state index contributed by atoms with van der Waals surface area (Å²) in [5.74, 6) is -2.67. The summed E-state index contributed by atoms with van der Waals surface area (Å²) in [4.78, 5) is 10.7. The molecule has 2 N–H and O–H groups in total. The number of phenols is 1. The highest BCUT2D eigenvalue weighted by Gasteiger charge is 2.47. The number of hydrogen-bond donors (Lipinski definition) is 2. The highest BCUT2D eigenvalue weighted by atomic mass is 35.5. The molecule has 24 heavy (non-hydrogen) atoms. The van der Waals surface area contributed by atoms with Crippen molar-refractivity contribution < 1.29 is 27.6 Å². The van der Waals surface area contributed by atoms with Gasteiger partial charge >= 0.3 is 6.18 Å². The van der Waals surface area contributed by atoms with E-state index in [2.05, 4.69) is 5.32 Å². The van der Waals surface area contributed by atoms with Gasteiger partial charge in [0.05, 0.1) is 11.0 Å². The molecule has 1 saturated heterocycles. The average Bonchev–Trinajstić information content (AvgIpc) is 2.43. The van der Waals surface area contributed by atoms with Crippen LogP contribution in [0, 0.1) is 15.9 Å². The van der Waals surface area contributed by atoms with E-state index in [1.165, 1.54) is 0 Å². The Morgan fingerprint density at radius 2 is 1.79 bits per heavy atom. The molecule has 0 amide bonds. The molecule has 12 heteroatoms. The lowest BCUT2D eigenvalue weighted by Crippen LogP contribution is -2.49. The minimum absolute atomic E-state index is 0. The van der Waals surface area contributed by atoms with Crippen LogP contribution in [0.3, 0.4) is 0 Å². The highest BCUT2D eigenvalue weighted by Crippen LogP contribution is 2.43. The Kier molecular flexibility index (Phi) is 8.16. The lowest BCUT2D eigenvalue weighted by molar-refractivity contribution is -0.385. The first kappa shape index (κ1) is 22.6. The molecule has 0 bridgehead atoms. The third kappa shape index (κ3) is 4.82. The minimum atomic E-state index is -4.81. The van der Waals surface area contributed by atoms with Gasteiger partial charge in [-0.15, -0.1) is 24.8 Å². The first-order valence-electron chi connectivity index (χ1n) is 6.40. The summed E-state index contributed by atoms with van der Waals surface area (Å²) < 4.78 is 53.7. The Morgan fingerprint density at radius 3 is 2.25 bits per heavy atom. The van der Waals surface area contributed by atoms with Gasteiger partial charge in [-0.2, -0.15) is 13.2 Å². The third-order valence-electron chi connectivity index (χ3n) is 3.41.